The second-order valence-electron chi connectivity index (χ2n) is 4.30. The third-order valence-electron chi connectivity index (χ3n) is 2.71. The van der Waals surface area contributed by atoms with Gasteiger partial charge in [-0.15, -0.1) is 0 Å². The van der Waals surface area contributed by atoms with Crippen LogP contribution in [0.1, 0.15) is 0 Å². The molecule has 5 aliphatic heterocycles. The van der Waals surface area contributed by atoms with Crippen LogP contribution >= 0.6 is 15.6 Å². The van der Waals surface area contributed by atoms with Crippen molar-refractivity contribution < 1.29 is 48.2 Å². The number of aliphatic hydroxyl groups is 3. The SMILES string of the molecule is O=C1COP2(=O)[O][Pb]3([O]2)[O]P(=O)(OC[C@H](O)[C@@H](O)[C@H]1O)[O]3. The van der Waals surface area contributed by atoms with E-state index in [1.165, 1.54) is 0 Å². The van der Waals surface area contributed by atoms with E-state index < -0.39 is 75.9 Å². The van der Waals surface area contributed by atoms with Crippen LogP contribution in [0.25, 0.3) is 0 Å². The fraction of sp³-hybridized carbons (Fsp3) is 0.833. The summed E-state index contributed by atoms with van der Waals surface area (Å²) in [5.41, 5.74) is 0. The zero-order valence-electron chi connectivity index (χ0n) is 10.1. The number of aliphatic hydroxyl groups excluding tert-OH is 3. The van der Waals surface area contributed by atoms with E-state index in [2.05, 4.69) is 9.05 Å². The average molecular weight is 543 g/mol. The Bertz CT molecular complexity index is 542. The topological polar surface area (TPSA) is 167 Å². The predicted molar refractivity (Wildman–Crippen MR) is 60.2 cm³/mol. The molecular weight excluding hydrogens is 533 g/mol. The zero-order chi connectivity index (χ0) is 15.5. The molecule has 5 saturated heterocycles. The Morgan fingerprint density at radius 2 is 1.52 bits per heavy atom. The number of phosphoric acid groups is 2. The Kier molecular flexibility index (Phi) is 4.22. The van der Waals surface area contributed by atoms with E-state index in [0.717, 1.165) is 0 Å². The molecule has 3 N–H and O–H groups in total. The summed E-state index contributed by atoms with van der Waals surface area (Å²) in [4.78, 5) is 11.5. The minimum atomic E-state index is -4.72. The Morgan fingerprint density at radius 3 is 2.10 bits per heavy atom. The van der Waals surface area contributed by atoms with Gasteiger partial charge in [0.2, 0.25) is 0 Å². The number of hydrogen-bond donors (Lipinski definition) is 3. The molecule has 0 radical (unpaired) electrons. The van der Waals surface area contributed by atoms with Crippen molar-refractivity contribution >= 4 is 44.4 Å². The summed E-state index contributed by atoms with van der Waals surface area (Å²) >= 11 is -4.72. The number of rotatable bonds is 0. The van der Waals surface area contributed by atoms with Gasteiger partial charge >= 0.3 is 124 Å². The molecule has 5 rings (SSSR count). The van der Waals surface area contributed by atoms with Gasteiger partial charge in [-0.1, -0.05) is 0 Å². The normalized spacial score (nSPS) is 54.4. The van der Waals surface area contributed by atoms with Crippen molar-refractivity contribution in [2.24, 2.45) is 0 Å². The monoisotopic (exact) mass is 544 g/mol. The third-order valence-corrected chi connectivity index (χ3v) is 26.3. The summed E-state index contributed by atoms with van der Waals surface area (Å²) in [6.45, 7) is -1.64. The summed E-state index contributed by atoms with van der Waals surface area (Å²) in [6, 6.07) is 0. The van der Waals surface area contributed by atoms with Crippen LogP contribution in [0, 0.1) is 0 Å². The van der Waals surface area contributed by atoms with E-state index in [-0.39, 0.29) is 0 Å². The fourth-order valence-electron chi connectivity index (χ4n) is 1.63. The van der Waals surface area contributed by atoms with Crippen molar-refractivity contribution in [1.29, 1.82) is 0 Å². The van der Waals surface area contributed by atoms with Crippen LogP contribution in [0.3, 0.4) is 0 Å². The van der Waals surface area contributed by atoms with Gasteiger partial charge in [-0.2, -0.15) is 0 Å². The van der Waals surface area contributed by atoms with Crippen LogP contribution in [0.15, 0.2) is 0 Å². The molecule has 0 aromatic heterocycles. The number of ketones is 1. The second-order valence-corrected chi connectivity index (χ2v) is 19.7. The van der Waals surface area contributed by atoms with Crippen molar-refractivity contribution in [3.8, 4) is 0 Å². The van der Waals surface area contributed by atoms with Gasteiger partial charge in [0.15, 0.2) is 0 Å². The van der Waals surface area contributed by atoms with Gasteiger partial charge in [0.05, 0.1) is 0 Å². The van der Waals surface area contributed by atoms with Gasteiger partial charge in [-0.3, -0.25) is 0 Å². The van der Waals surface area contributed by atoms with Crippen LogP contribution in [0.2, 0.25) is 0 Å². The van der Waals surface area contributed by atoms with E-state index in [9.17, 15) is 29.2 Å². The first-order valence-electron chi connectivity index (χ1n) is 5.55. The molecular formula is C6H10O12P2Pb. The molecule has 0 aromatic rings. The molecule has 15 heteroatoms. The molecule has 120 valence electrons. The molecule has 1 spiro atoms. The average Bonchev–Trinajstić information content (AvgIpc) is 2.36. The first-order valence-corrected chi connectivity index (χ1v) is 14.8. The van der Waals surface area contributed by atoms with Gasteiger partial charge in [0.25, 0.3) is 0 Å². The molecule has 5 fully saturated rings. The Labute approximate surface area is 124 Å². The van der Waals surface area contributed by atoms with Gasteiger partial charge in [0.1, 0.15) is 0 Å². The van der Waals surface area contributed by atoms with E-state index in [1.807, 2.05) is 0 Å². The van der Waals surface area contributed by atoms with E-state index in [0.29, 0.717) is 0 Å². The standard InChI is InChI=1S/C6H14O12P2.Pb/c7-3(1-17-19(11,12)13)5(9)6(10)4(8)2-18-20(14,15)16;/h3,5-7,9-10H,1-2H2,(H2,11,12,13)(H2,14,15,16);/q;+4/p-4/t3-,5+,6-;/m0./s1. The summed E-state index contributed by atoms with van der Waals surface area (Å²) in [5, 5.41) is 28.6. The Morgan fingerprint density at radius 1 is 1.00 bits per heavy atom. The van der Waals surface area contributed by atoms with Crippen molar-refractivity contribution in [3.05, 3.63) is 0 Å². The van der Waals surface area contributed by atoms with Crippen molar-refractivity contribution in [2.75, 3.05) is 13.2 Å². The summed E-state index contributed by atoms with van der Waals surface area (Å²) < 4.78 is 51.8. The summed E-state index contributed by atoms with van der Waals surface area (Å²) in [7, 11) is -8.10. The maximum atomic E-state index is 11.7. The second kappa shape index (κ2) is 5.36. The van der Waals surface area contributed by atoms with Crippen LogP contribution in [0.5, 0.6) is 0 Å². The first-order chi connectivity index (χ1) is 9.66. The quantitative estimate of drug-likeness (QED) is 0.238. The molecule has 21 heavy (non-hydrogen) atoms. The van der Waals surface area contributed by atoms with Crippen LogP contribution < -0.4 is 0 Å². The Hall–Kier alpha value is 0.692. The molecule has 3 bridgehead atoms. The molecule has 0 amide bonds. The molecule has 3 atom stereocenters. The number of hydrogen-bond acceptors (Lipinski definition) is 12. The predicted octanol–water partition coefficient (Wildman–Crippen LogP) is -1.57. The number of carbonyl (C=O) groups is 1. The van der Waals surface area contributed by atoms with Crippen LogP contribution in [0.4, 0.5) is 0 Å². The summed E-state index contributed by atoms with van der Waals surface area (Å²) in [6.07, 6.45) is -5.72. The molecule has 0 aliphatic carbocycles. The van der Waals surface area contributed by atoms with Crippen molar-refractivity contribution in [2.45, 2.75) is 18.3 Å². The van der Waals surface area contributed by atoms with Crippen LogP contribution in [-0.4, -0.2) is 75.6 Å². The molecule has 0 saturated carbocycles. The fourth-order valence-corrected chi connectivity index (χ4v) is 24.3. The maximum absolute atomic E-state index is 11.7. The van der Waals surface area contributed by atoms with Crippen molar-refractivity contribution in [3.63, 3.8) is 0 Å². The van der Waals surface area contributed by atoms with E-state index in [4.69, 9.17) is 9.90 Å². The van der Waals surface area contributed by atoms with Gasteiger partial charge in [0, 0.05) is 0 Å². The first kappa shape index (κ1) is 16.5. The molecule has 0 aromatic carbocycles. The van der Waals surface area contributed by atoms with Gasteiger partial charge in [-0.05, 0) is 0 Å². The third kappa shape index (κ3) is 3.05. The molecule has 5 aliphatic rings. The zero-order valence-corrected chi connectivity index (χ0v) is 15.7. The van der Waals surface area contributed by atoms with Crippen molar-refractivity contribution in [1.82, 2.24) is 0 Å². The minimum absolute atomic E-state index is 0.745. The van der Waals surface area contributed by atoms with Gasteiger partial charge < -0.3 is 0 Å². The summed E-state index contributed by atoms with van der Waals surface area (Å²) in [5.74, 6) is -1.07. The van der Waals surface area contributed by atoms with E-state index >= 15 is 0 Å². The number of carbonyl (C=O) groups excluding carboxylic acids is 1. The van der Waals surface area contributed by atoms with Gasteiger partial charge in [-0.25, -0.2) is 0 Å². The van der Waals surface area contributed by atoms with Crippen LogP contribution in [-0.2, 0) is 32.9 Å². The van der Waals surface area contributed by atoms with E-state index in [1.54, 1.807) is 0 Å². The molecule has 12 nitrogen and oxygen atoms in total. The number of Topliss-reactive ketones (excluding diaryl/α,β-unsaturated/α-hetero) is 1. The molecule has 5 heterocycles. The Balaban J connectivity index is 1.78. The molecule has 0 unspecified atom stereocenters.